The molecule has 0 aliphatic heterocycles. The number of ether oxygens (including phenoxy) is 1. The number of amides is 2. The molecule has 0 radical (unpaired) electrons. The number of aryl methyl sites for hydroxylation is 2. The van der Waals surface area contributed by atoms with Crippen molar-refractivity contribution in [3.05, 3.63) is 64.4 Å². The molecule has 1 atom stereocenters. The summed E-state index contributed by atoms with van der Waals surface area (Å²) in [6.07, 6.45) is 0.771. The predicted molar refractivity (Wildman–Crippen MR) is 124 cm³/mol. The van der Waals surface area contributed by atoms with Crippen LogP contribution >= 0.6 is 23.4 Å². The van der Waals surface area contributed by atoms with Crippen molar-refractivity contribution >= 4 is 35.2 Å². The molecule has 1 unspecified atom stereocenters. The number of thioether (sulfide) groups is 1. The maximum Gasteiger partial charge on any atom is 0.279 e. The molecule has 2 aromatic carbocycles. The molecule has 1 aromatic heterocycles. The highest BCUT2D eigenvalue weighted by Gasteiger charge is 2.17. The van der Waals surface area contributed by atoms with E-state index in [4.69, 9.17) is 16.3 Å². The fourth-order valence-electron chi connectivity index (χ4n) is 2.73. The fraction of sp³-hybridized carbons (Fsp3) is 0.273. The topological polar surface area (TPSA) is 98.1 Å². The summed E-state index contributed by atoms with van der Waals surface area (Å²) >= 11 is 7.38. The van der Waals surface area contributed by atoms with Crippen molar-refractivity contribution in [1.29, 1.82) is 0 Å². The lowest BCUT2D eigenvalue weighted by Crippen LogP contribution is -2.47. The van der Waals surface area contributed by atoms with Crippen LogP contribution in [-0.4, -0.2) is 38.4 Å². The molecular formula is C22H24ClN5O3S. The van der Waals surface area contributed by atoms with Crippen molar-refractivity contribution in [1.82, 2.24) is 25.6 Å². The van der Waals surface area contributed by atoms with Crippen LogP contribution < -0.4 is 15.6 Å². The molecule has 0 saturated carbocycles. The average molecular weight is 474 g/mol. The molecule has 2 N–H and O–H groups in total. The van der Waals surface area contributed by atoms with Gasteiger partial charge in [-0.05, 0) is 62.6 Å². The maximum absolute atomic E-state index is 12.3. The first kappa shape index (κ1) is 23.6. The van der Waals surface area contributed by atoms with Gasteiger partial charge in [0, 0.05) is 5.02 Å². The third kappa shape index (κ3) is 5.80. The molecule has 3 rings (SSSR count). The van der Waals surface area contributed by atoms with Gasteiger partial charge in [-0.2, -0.15) is 0 Å². The lowest BCUT2D eigenvalue weighted by molar-refractivity contribution is -0.131. The summed E-state index contributed by atoms with van der Waals surface area (Å²) < 4.78 is 7.46. The van der Waals surface area contributed by atoms with Crippen LogP contribution in [0.4, 0.5) is 0 Å². The van der Waals surface area contributed by atoms with Crippen molar-refractivity contribution in [2.24, 2.45) is 0 Å². The minimum absolute atomic E-state index is 0.0325. The van der Waals surface area contributed by atoms with E-state index in [1.54, 1.807) is 23.9 Å². The molecule has 0 aliphatic rings. The van der Waals surface area contributed by atoms with Crippen molar-refractivity contribution in [2.75, 3.05) is 5.75 Å². The number of carbonyl (C=O) groups is 2. The Kier molecular flexibility index (Phi) is 7.76. The van der Waals surface area contributed by atoms with Gasteiger partial charge < -0.3 is 4.74 Å². The average Bonchev–Trinajstić information content (AvgIpc) is 3.24. The Morgan fingerprint density at radius 3 is 2.69 bits per heavy atom. The lowest BCUT2D eigenvalue weighted by atomic mass is 10.1. The molecule has 1 heterocycles. The maximum atomic E-state index is 12.3. The number of benzene rings is 2. The van der Waals surface area contributed by atoms with E-state index in [2.05, 4.69) is 21.0 Å². The zero-order chi connectivity index (χ0) is 23.3. The SMILES string of the molecule is Cc1ccc(-n2cnnc2SCC(=O)NNC(=O)C(C)Oc2cccc(C)c2C)cc1Cl. The van der Waals surface area contributed by atoms with Gasteiger partial charge in [0.25, 0.3) is 5.91 Å². The largest absolute Gasteiger partial charge is 0.481 e. The molecule has 0 saturated heterocycles. The number of rotatable bonds is 7. The number of aromatic nitrogens is 3. The first-order chi connectivity index (χ1) is 15.3. The number of hydrazine groups is 1. The summed E-state index contributed by atoms with van der Waals surface area (Å²) in [5, 5.41) is 9.11. The van der Waals surface area contributed by atoms with Crippen molar-refractivity contribution in [3.63, 3.8) is 0 Å². The van der Waals surface area contributed by atoms with Gasteiger partial charge in [-0.3, -0.25) is 25.0 Å². The normalized spacial score (nSPS) is 11.7. The second kappa shape index (κ2) is 10.5. The quantitative estimate of drug-likeness (QED) is 0.402. The first-order valence-corrected chi connectivity index (χ1v) is 11.2. The predicted octanol–water partition coefficient (Wildman–Crippen LogP) is 3.55. The van der Waals surface area contributed by atoms with Gasteiger partial charge in [-0.15, -0.1) is 10.2 Å². The summed E-state index contributed by atoms with van der Waals surface area (Å²) in [6.45, 7) is 7.43. The van der Waals surface area contributed by atoms with Crippen LogP contribution in [0, 0.1) is 20.8 Å². The highest BCUT2D eigenvalue weighted by Crippen LogP contribution is 2.24. The van der Waals surface area contributed by atoms with Crippen molar-refractivity contribution in [3.8, 4) is 11.4 Å². The highest BCUT2D eigenvalue weighted by atomic mass is 35.5. The third-order valence-corrected chi connectivity index (χ3v) is 6.19. The zero-order valence-electron chi connectivity index (χ0n) is 18.2. The Balaban J connectivity index is 1.50. The van der Waals surface area contributed by atoms with Crippen LogP contribution in [0.2, 0.25) is 5.02 Å². The summed E-state index contributed by atoms with van der Waals surface area (Å²) in [6, 6.07) is 11.2. The van der Waals surface area contributed by atoms with Crippen LogP contribution in [0.15, 0.2) is 47.9 Å². The van der Waals surface area contributed by atoms with Crippen LogP contribution in [0.1, 0.15) is 23.6 Å². The molecule has 10 heteroatoms. The molecule has 0 aliphatic carbocycles. The van der Waals surface area contributed by atoms with Crippen molar-refractivity contribution in [2.45, 2.75) is 39.0 Å². The van der Waals surface area contributed by atoms with E-state index in [9.17, 15) is 9.59 Å². The summed E-state index contributed by atoms with van der Waals surface area (Å²) in [5.41, 5.74) is 8.57. The number of nitrogens with zero attached hydrogens (tertiary/aromatic N) is 3. The van der Waals surface area contributed by atoms with E-state index < -0.39 is 17.9 Å². The number of nitrogens with one attached hydrogen (secondary N) is 2. The summed E-state index contributed by atoms with van der Waals surface area (Å²) in [5.74, 6) is -0.185. The van der Waals surface area contributed by atoms with E-state index in [0.717, 1.165) is 22.4 Å². The van der Waals surface area contributed by atoms with Crippen LogP contribution in [0.3, 0.4) is 0 Å². The van der Waals surface area contributed by atoms with Crippen LogP contribution in [0.25, 0.3) is 5.69 Å². The molecule has 0 fully saturated rings. The molecular weight excluding hydrogens is 450 g/mol. The summed E-state index contributed by atoms with van der Waals surface area (Å²) in [4.78, 5) is 24.5. The van der Waals surface area contributed by atoms with E-state index in [1.807, 2.05) is 51.1 Å². The van der Waals surface area contributed by atoms with Gasteiger partial charge in [-0.25, -0.2) is 0 Å². The Hall–Kier alpha value is -3.04. The Morgan fingerprint density at radius 1 is 1.16 bits per heavy atom. The number of carbonyl (C=O) groups excluding carboxylic acids is 2. The number of hydrogen-bond acceptors (Lipinski definition) is 6. The van der Waals surface area contributed by atoms with Gasteiger partial charge in [0.2, 0.25) is 5.91 Å². The number of halogens is 1. The standard InChI is InChI=1S/C22H24ClN5O3S/c1-13-6-5-7-19(15(13)3)31-16(4)21(30)26-25-20(29)11-32-22-27-24-12-28(22)17-9-8-14(2)18(23)10-17/h5-10,12,16H,11H2,1-4H3,(H,25,29)(H,26,30). The minimum Gasteiger partial charge on any atom is -0.481 e. The van der Waals surface area contributed by atoms with Gasteiger partial charge in [0.15, 0.2) is 11.3 Å². The van der Waals surface area contributed by atoms with E-state index in [-0.39, 0.29) is 5.75 Å². The smallest absolute Gasteiger partial charge is 0.279 e. The Bertz CT molecular complexity index is 1130. The lowest BCUT2D eigenvalue weighted by Gasteiger charge is -2.17. The van der Waals surface area contributed by atoms with Crippen molar-refractivity contribution < 1.29 is 14.3 Å². The Labute approximate surface area is 195 Å². The van der Waals surface area contributed by atoms with E-state index in [0.29, 0.717) is 15.9 Å². The van der Waals surface area contributed by atoms with Crippen LogP contribution in [0.5, 0.6) is 5.75 Å². The van der Waals surface area contributed by atoms with E-state index >= 15 is 0 Å². The first-order valence-electron chi connectivity index (χ1n) is 9.87. The highest BCUT2D eigenvalue weighted by molar-refractivity contribution is 7.99. The monoisotopic (exact) mass is 473 g/mol. The summed E-state index contributed by atoms with van der Waals surface area (Å²) in [7, 11) is 0. The van der Waals surface area contributed by atoms with E-state index in [1.165, 1.54) is 11.8 Å². The molecule has 2 amide bonds. The Morgan fingerprint density at radius 2 is 1.94 bits per heavy atom. The molecule has 0 spiro atoms. The second-order valence-electron chi connectivity index (χ2n) is 7.20. The third-order valence-electron chi connectivity index (χ3n) is 4.84. The van der Waals surface area contributed by atoms with Crippen LogP contribution in [-0.2, 0) is 9.59 Å². The van der Waals surface area contributed by atoms with Gasteiger partial charge in [0.1, 0.15) is 12.1 Å². The fourth-order valence-corrected chi connectivity index (χ4v) is 3.63. The molecule has 3 aromatic rings. The van der Waals surface area contributed by atoms with Gasteiger partial charge in [-0.1, -0.05) is 41.6 Å². The molecule has 168 valence electrons. The zero-order valence-corrected chi connectivity index (χ0v) is 19.8. The van der Waals surface area contributed by atoms with Gasteiger partial charge >= 0.3 is 0 Å². The molecule has 8 nitrogen and oxygen atoms in total. The van der Waals surface area contributed by atoms with Gasteiger partial charge in [0.05, 0.1) is 11.4 Å². The number of hydrogen-bond donors (Lipinski definition) is 2. The molecule has 0 bridgehead atoms. The minimum atomic E-state index is -0.780. The molecule has 32 heavy (non-hydrogen) atoms. The second-order valence-corrected chi connectivity index (χ2v) is 8.55.